The summed E-state index contributed by atoms with van der Waals surface area (Å²) in [6.07, 6.45) is 1.80. The highest BCUT2D eigenvalue weighted by Crippen LogP contribution is 2.13. The van der Waals surface area contributed by atoms with Crippen molar-refractivity contribution in [2.75, 3.05) is 11.1 Å². The van der Waals surface area contributed by atoms with Crippen LogP contribution < -0.4 is 11.1 Å². The molecule has 102 valence electrons. The van der Waals surface area contributed by atoms with E-state index in [1.165, 1.54) is 0 Å². The normalized spacial score (nSPS) is 10.7. The van der Waals surface area contributed by atoms with Crippen molar-refractivity contribution in [1.29, 1.82) is 0 Å². The van der Waals surface area contributed by atoms with Crippen LogP contribution in [0.25, 0.3) is 0 Å². The molecule has 0 atom stereocenters. The number of hydrogen-bond donors (Lipinski definition) is 2. The number of oxazole rings is 1. The number of nitrogens with zero attached hydrogens (tertiary/aromatic N) is 3. The minimum atomic E-state index is 0.473. The highest BCUT2D eigenvalue weighted by Gasteiger charge is 2.07. The second-order valence-corrected chi connectivity index (χ2v) is 4.45. The standard InChI is InChI=1S/C13H19N5O/c1-4-5-11-17-10(14)6-12(18-11)15-7-13-16-8(2)9(3)19-13/h6H,4-5,7H2,1-3H3,(H3,14,15,17,18). The molecular weight excluding hydrogens is 242 g/mol. The first-order valence-electron chi connectivity index (χ1n) is 6.38. The average molecular weight is 261 g/mol. The Morgan fingerprint density at radius 1 is 1.26 bits per heavy atom. The molecule has 6 nitrogen and oxygen atoms in total. The van der Waals surface area contributed by atoms with Gasteiger partial charge in [0.2, 0.25) is 5.89 Å². The molecule has 0 aliphatic rings. The lowest BCUT2D eigenvalue weighted by Crippen LogP contribution is -2.06. The van der Waals surface area contributed by atoms with E-state index < -0.39 is 0 Å². The lowest BCUT2D eigenvalue weighted by atomic mass is 10.3. The van der Waals surface area contributed by atoms with E-state index in [1.54, 1.807) is 6.07 Å². The number of aryl methyl sites for hydroxylation is 3. The van der Waals surface area contributed by atoms with E-state index in [1.807, 2.05) is 13.8 Å². The van der Waals surface area contributed by atoms with Gasteiger partial charge in [-0.3, -0.25) is 0 Å². The Bertz CT molecular complexity index is 545. The van der Waals surface area contributed by atoms with Gasteiger partial charge in [0.1, 0.15) is 23.2 Å². The fourth-order valence-corrected chi connectivity index (χ4v) is 1.72. The molecular formula is C13H19N5O. The van der Waals surface area contributed by atoms with E-state index in [4.69, 9.17) is 10.2 Å². The summed E-state index contributed by atoms with van der Waals surface area (Å²) in [5.41, 5.74) is 6.66. The van der Waals surface area contributed by atoms with Gasteiger partial charge in [-0.05, 0) is 20.3 Å². The first-order chi connectivity index (χ1) is 9.08. The minimum absolute atomic E-state index is 0.473. The van der Waals surface area contributed by atoms with Crippen molar-refractivity contribution in [2.24, 2.45) is 0 Å². The second kappa shape index (κ2) is 5.69. The maximum absolute atomic E-state index is 5.76. The van der Waals surface area contributed by atoms with Crippen molar-refractivity contribution < 1.29 is 4.42 Å². The topological polar surface area (TPSA) is 89.9 Å². The first kappa shape index (κ1) is 13.3. The third kappa shape index (κ3) is 3.43. The molecule has 0 saturated carbocycles. The number of aromatic nitrogens is 3. The molecule has 2 aromatic heterocycles. The molecule has 0 bridgehead atoms. The summed E-state index contributed by atoms with van der Waals surface area (Å²) in [4.78, 5) is 12.9. The zero-order valence-corrected chi connectivity index (χ0v) is 11.5. The lowest BCUT2D eigenvalue weighted by molar-refractivity contribution is 0.478. The van der Waals surface area contributed by atoms with E-state index in [-0.39, 0.29) is 0 Å². The van der Waals surface area contributed by atoms with Gasteiger partial charge < -0.3 is 15.5 Å². The van der Waals surface area contributed by atoms with Crippen molar-refractivity contribution in [1.82, 2.24) is 15.0 Å². The molecule has 6 heteroatoms. The van der Waals surface area contributed by atoms with Crippen LogP contribution in [0.4, 0.5) is 11.6 Å². The van der Waals surface area contributed by atoms with Gasteiger partial charge in [0.15, 0.2) is 0 Å². The van der Waals surface area contributed by atoms with Crippen LogP contribution >= 0.6 is 0 Å². The average Bonchev–Trinajstić information content (AvgIpc) is 2.66. The zero-order valence-electron chi connectivity index (χ0n) is 11.5. The second-order valence-electron chi connectivity index (χ2n) is 4.45. The molecule has 0 unspecified atom stereocenters. The highest BCUT2D eigenvalue weighted by atomic mass is 16.4. The molecule has 0 aliphatic heterocycles. The SMILES string of the molecule is CCCc1nc(N)cc(NCc2nc(C)c(C)o2)n1. The molecule has 0 aromatic carbocycles. The van der Waals surface area contributed by atoms with Crippen LogP contribution in [0.1, 0.15) is 36.5 Å². The Kier molecular flexibility index (Phi) is 3.99. The van der Waals surface area contributed by atoms with Gasteiger partial charge in [-0.25, -0.2) is 15.0 Å². The quantitative estimate of drug-likeness (QED) is 0.857. The van der Waals surface area contributed by atoms with Crippen LogP contribution in [-0.2, 0) is 13.0 Å². The van der Waals surface area contributed by atoms with Crippen molar-refractivity contribution in [3.05, 3.63) is 29.2 Å². The van der Waals surface area contributed by atoms with E-state index in [0.29, 0.717) is 24.1 Å². The minimum Gasteiger partial charge on any atom is -0.444 e. The van der Waals surface area contributed by atoms with E-state index in [2.05, 4.69) is 27.2 Å². The summed E-state index contributed by atoms with van der Waals surface area (Å²) in [7, 11) is 0. The van der Waals surface area contributed by atoms with Crippen LogP contribution in [0.2, 0.25) is 0 Å². The molecule has 2 rings (SSSR count). The highest BCUT2D eigenvalue weighted by molar-refractivity contribution is 5.44. The molecule has 0 aliphatic carbocycles. The van der Waals surface area contributed by atoms with Gasteiger partial charge in [-0.2, -0.15) is 0 Å². The number of nitrogen functional groups attached to an aromatic ring is 1. The Morgan fingerprint density at radius 3 is 2.68 bits per heavy atom. The largest absolute Gasteiger partial charge is 0.444 e. The Balaban J connectivity index is 2.06. The Morgan fingerprint density at radius 2 is 2.05 bits per heavy atom. The van der Waals surface area contributed by atoms with Crippen LogP contribution in [-0.4, -0.2) is 15.0 Å². The van der Waals surface area contributed by atoms with E-state index >= 15 is 0 Å². The fourth-order valence-electron chi connectivity index (χ4n) is 1.72. The van der Waals surface area contributed by atoms with Crippen LogP contribution in [0, 0.1) is 13.8 Å². The third-order valence-corrected chi connectivity index (χ3v) is 2.76. The molecule has 2 heterocycles. The molecule has 0 fully saturated rings. The number of nitrogens with two attached hydrogens (primary N) is 1. The summed E-state index contributed by atoms with van der Waals surface area (Å²) < 4.78 is 5.50. The molecule has 0 saturated heterocycles. The number of anilines is 2. The number of rotatable bonds is 5. The molecule has 0 amide bonds. The van der Waals surface area contributed by atoms with E-state index in [9.17, 15) is 0 Å². The summed E-state index contributed by atoms with van der Waals surface area (Å²) in [6.45, 7) is 6.38. The molecule has 2 aromatic rings. The van der Waals surface area contributed by atoms with Crippen molar-refractivity contribution >= 4 is 11.6 Å². The predicted octanol–water partition coefficient (Wildman–Crippen LogP) is 2.23. The van der Waals surface area contributed by atoms with Crippen molar-refractivity contribution in [2.45, 2.75) is 40.2 Å². The molecule has 19 heavy (non-hydrogen) atoms. The van der Waals surface area contributed by atoms with Crippen LogP contribution in [0.15, 0.2) is 10.5 Å². The van der Waals surface area contributed by atoms with Crippen LogP contribution in [0.5, 0.6) is 0 Å². The summed E-state index contributed by atoms with van der Waals surface area (Å²) in [5.74, 6) is 3.41. The van der Waals surface area contributed by atoms with E-state index in [0.717, 1.165) is 30.1 Å². The maximum atomic E-state index is 5.76. The van der Waals surface area contributed by atoms with Crippen LogP contribution in [0.3, 0.4) is 0 Å². The van der Waals surface area contributed by atoms with Crippen molar-refractivity contribution in [3.8, 4) is 0 Å². The Hall–Kier alpha value is -2.11. The smallest absolute Gasteiger partial charge is 0.213 e. The van der Waals surface area contributed by atoms with Gasteiger partial charge in [-0.1, -0.05) is 6.92 Å². The van der Waals surface area contributed by atoms with Gasteiger partial charge in [-0.15, -0.1) is 0 Å². The lowest BCUT2D eigenvalue weighted by Gasteiger charge is -2.06. The first-order valence-corrected chi connectivity index (χ1v) is 6.38. The maximum Gasteiger partial charge on any atom is 0.213 e. The van der Waals surface area contributed by atoms with Gasteiger partial charge in [0.25, 0.3) is 0 Å². The summed E-state index contributed by atoms with van der Waals surface area (Å²) in [6, 6.07) is 1.71. The monoisotopic (exact) mass is 261 g/mol. The third-order valence-electron chi connectivity index (χ3n) is 2.76. The number of nitrogens with one attached hydrogen (secondary N) is 1. The fraction of sp³-hybridized carbons (Fsp3) is 0.462. The molecule has 3 N–H and O–H groups in total. The molecule has 0 radical (unpaired) electrons. The zero-order chi connectivity index (χ0) is 13.8. The molecule has 0 spiro atoms. The van der Waals surface area contributed by atoms with Crippen molar-refractivity contribution in [3.63, 3.8) is 0 Å². The van der Waals surface area contributed by atoms with Gasteiger partial charge in [0.05, 0.1) is 12.2 Å². The Labute approximate surface area is 112 Å². The summed E-state index contributed by atoms with van der Waals surface area (Å²) >= 11 is 0. The van der Waals surface area contributed by atoms with Gasteiger partial charge >= 0.3 is 0 Å². The summed E-state index contributed by atoms with van der Waals surface area (Å²) in [5, 5.41) is 3.15. The van der Waals surface area contributed by atoms with Gasteiger partial charge in [0, 0.05) is 12.5 Å². The predicted molar refractivity (Wildman–Crippen MR) is 73.7 cm³/mol. The number of hydrogen-bond acceptors (Lipinski definition) is 6.